The van der Waals surface area contributed by atoms with Crippen LogP contribution < -0.4 is 0 Å². The summed E-state index contributed by atoms with van der Waals surface area (Å²) in [6.45, 7) is 6.92. The maximum Gasteiger partial charge on any atom is 0.288 e. The first-order chi connectivity index (χ1) is 13.2. The quantitative estimate of drug-likeness (QED) is 0.688. The van der Waals surface area contributed by atoms with Crippen molar-refractivity contribution in [2.75, 3.05) is 39.4 Å². The number of hydrogen-bond acceptors (Lipinski definition) is 5. The predicted octanol–water partition coefficient (Wildman–Crippen LogP) is 2.52. The molecule has 1 N–H and O–H groups in total. The van der Waals surface area contributed by atoms with Crippen molar-refractivity contribution >= 4 is 5.91 Å². The third-order valence-corrected chi connectivity index (χ3v) is 5.98. The number of unbranched alkanes of at least 4 members (excludes halogenated alkanes) is 1. The minimum atomic E-state index is -0.353. The Hall–Kier alpha value is -1.11. The zero-order chi connectivity index (χ0) is 19.1. The van der Waals surface area contributed by atoms with Crippen molar-refractivity contribution in [3.8, 4) is 0 Å². The number of ether oxygens (including phenoxy) is 2. The van der Waals surface area contributed by atoms with Gasteiger partial charge in [-0.2, -0.15) is 0 Å². The molecule has 3 aliphatic rings. The summed E-state index contributed by atoms with van der Waals surface area (Å²) in [6.07, 6.45) is 10.0. The second-order valence-corrected chi connectivity index (χ2v) is 8.21. The van der Waals surface area contributed by atoms with Crippen LogP contribution in [0, 0.1) is 5.92 Å². The monoisotopic (exact) mass is 380 g/mol. The number of amides is 1. The molecule has 0 aliphatic carbocycles. The fraction of sp³-hybridized carbons (Fsp3) is 0.857. The summed E-state index contributed by atoms with van der Waals surface area (Å²) < 4.78 is 11.6. The van der Waals surface area contributed by atoms with Gasteiger partial charge in [0.2, 0.25) is 6.29 Å². The molecule has 2 fully saturated rings. The molecule has 3 aliphatic heterocycles. The predicted molar refractivity (Wildman–Crippen MR) is 104 cm³/mol. The van der Waals surface area contributed by atoms with Gasteiger partial charge in [0.1, 0.15) is 0 Å². The Bertz CT molecular complexity index is 496. The van der Waals surface area contributed by atoms with Crippen LogP contribution in [0.5, 0.6) is 0 Å². The van der Waals surface area contributed by atoms with Gasteiger partial charge in [-0.15, -0.1) is 0 Å². The Morgan fingerprint density at radius 2 is 1.93 bits per heavy atom. The molecule has 3 rings (SSSR count). The molecule has 2 atom stereocenters. The number of nitrogens with zero attached hydrogens (tertiary/aromatic N) is 2. The van der Waals surface area contributed by atoms with Gasteiger partial charge < -0.3 is 24.4 Å². The van der Waals surface area contributed by atoms with Crippen molar-refractivity contribution < 1.29 is 19.4 Å². The number of carbonyl (C=O) groups excluding carboxylic acids is 1. The minimum absolute atomic E-state index is 0.0163. The van der Waals surface area contributed by atoms with Gasteiger partial charge >= 0.3 is 0 Å². The molecule has 154 valence electrons. The Balaban J connectivity index is 1.46. The van der Waals surface area contributed by atoms with Crippen LogP contribution in [0.3, 0.4) is 0 Å². The number of aliphatic hydroxyl groups excluding tert-OH is 1. The Kier molecular flexibility index (Phi) is 7.97. The number of rotatable bonds is 7. The highest BCUT2D eigenvalue weighted by atomic mass is 16.7. The molecule has 0 aromatic heterocycles. The highest BCUT2D eigenvalue weighted by molar-refractivity contribution is 5.91. The maximum atomic E-state index is 12.9. The lowest BCUT2D eigenvalue weighted by Crippen LogP contribution is -2.49. The van der Waals surface area contributed by atoms with E-state index in [1.54, 1.807) is 0 Å². The van der Waals surface area contributed by atoms with Crippen molar-refractivity contribution in [2.24, 2.45) is 5.92 Å². The van der Waals surface area contributed by atoms with Crippen LogP contribution in [0.1, 0.15) is 58.3 Å². The number of carbonyl (C=O) groups is 1. The number of likely N-dealkylation sites (tertiary alicyclic amines) is 2. The largest absolute Gasteiger partial charge is 0.459 e. The molecule has 0 spiro atoms. The SMILES string of the molecule is C[C@@H]1C=C(C(=O)N2CCC(N3CCCCC3)CC2)O[C@H](OCCCCO)C1. The summed E-state index contributed by atoms with van der Waals surface area (Å²) in [5.41, 5.74) is 0. The molecule has 3 heterocycles. The molecule has 6 heteroatoms. The van der Waals surface area contributed by atoms with Crippen LogP contribution in [0.2, 0.25) is 0 Å². The average Bonchev–Trinajstić information content (AvgIpc) is 2.71. The van der Waals surface area contributed by atoms with Gasteiger partial charge in [0.05, 0.1) is 6.61 Å². The molecule has 2 saturated heterocycles. The number of piperidine rings is 2. The van der Waals surface area contributed by atoms with Crippen molar-refractivity contribution in [2.45, 2.75) is 70.6 Å². The van der Waals surface area contributed by atoms with E-state index in [2.05, 4.69) is 11.8 Å². The van der Waals surface area contributed by atoms with Crippen LogP contribution in [-0.2, 0) is 14.3 Å². The first kappa shape index (κ1) is 20.6. The lowest BCUT2D eigenvalue weighted by molar-refractivity contribution is -0.155. The van der Waals surface area contributed by atoms with E-state index in [9.17, 15) is 4.79 Å². The van der Waals surface area contributed by atoms with E-state index in [0.717, 1.165) is 45.2 Å². The Labute approximate surface area is 163 Å². The van der Waals surface area contributed by atoms with Crippen LogP contribution in [0.25, 0.3) is 0 Å². The summed E-state index contributed by atoms with van der Waals surface area (Å²) in [6, 6.07) is 0.636. The van der Waals surface area contributed by atoms with E-state index in [0.29, 0.717) is 18.4 Å². The third kappa shape index (κ3) is 5.93. The number of aliphatic hydroxyl groups is 1. The van der Waals surface area contributed by atoms with E-state index in [1.807, 2.05) is 11.0 Å². The van der Waals surface area contributed by atoms with Crippen molar-refractivity contribution in [1.29, 1.82) is 0 Å². The first-order valence-corrected chi connectivity index (χ1v) is 10.8. The fourth-order valence-corrected chi connectivity index (χ4v) is 4.38. The van der Waals surface area contributed by atoms with E-state index < -0.39 is 0 Å². The van der Waals surface area contributed by atoms with E-state index in [-0.39, 0.29) is 24.7 Å². The highest BCUT2D eigenvalue weighted by Crippen LogP contribution is 2.26. The zero-order valence-electron chi connectivity index (χ0n) is 16.8. The summed E-state index contributed by atoms with van der Waals surface area (Å²) in [5.74, 6) is 0.742. The lowest BCUT2D eigenvalue weighted by Gasteiger charge is -2.40. The third-order valence-electron chi connectivity index (χ3n) is 5.98. The minimum Gasteiger partial charge on any atom is -0.459 e. The second-order valence-electron chi connectivity index (χ2n) is 8.21. The average molecular weight is 381 g/mol. The summed E-state index contributed by atoms with van der Waals surface area (Å²) in [5, 5.41) is 8.86. The van der Waals surface area contributed by atoms with Crippen molar-refractivity contribution in [3.63, 3.8) is 0 Å². The lowest BCUT2D eigenvalue weighted by atomic mass is 9.99. The summed E-state index contributed by atoms with van der Waals surface area (Å²) in [4.78, 5) is 17.5. The maximum absolute atomic E-state index is 12.9. The van der Waals surface area contributed by atoms with Crippen LogP contribution in [0.4, 0.5) is 0 Å². The number of hydrogen-bond donors (Lipinski definition) is 1. The molecule has 0 unspecified atom stereocenters. The van der Waals surface area contributed by atoms with Gasteiger partial charge in [0.25, 0.3) is 5.91 Å². The van der Waals surface area contributed by atoms with Gasteiger partial charge in [-0.1, -0.05) is 13.3 Å². The molecular formula is C21H36N2O4. The van der Waals surface area contributed by atoms with Crippen LogP contribution in [0.15, 0.2) is 11.8 Å². The molecule has 6 nitrogen and oxygen atoms in total. The van der Waals surface area contributed by atoms with Crippen LogP contribution in [-0.4, -0.2) is 72.5 Å². The molecule has 27 heavy (non-hydrogen) atoms. The summed E-state index contributed by atoms with van der Waals surface area (Å²) in [7, 11) is 0. The summed E-state index contributed by atoms with van der Waals surface area (Å²) >= 11 is 0. The smallest absolute Gasteiger partial charge is 0.288 e. The molecule has 0 bridgehead atoms. The second kappa shape index (κ2) is 10.4. The topological polar surface area (TPSA) is 62.2 Å². The zero-order valence-corrected chi connectivity index (χ0v) is 16.8. The Morgan fingerprint density at radius 3 is 2.63 bits per heavy atom. The van der Waals surface area contributed by atoms with Gasteiger partial charge in [-0.25, -0.2) is 0 Å². The van der Waals surface area contributed by atoms with E-state index in [1.165, 1.54) is 32.4 Å². The highest BCUT2D eigenvalue weighted by Gasteiger charge is 2.32. The molecular weight excluding hydrogens is 344 g/mol. The van der Waals surface area contributed by atoms with Crippen molar-refractivity contribution in [1.82, 2.24) is 9.80 Å². The number of allylic oxidation sites excluding steroid dienone is 1. The Morgan fingerprint density at radius 1 is 1.19 bits per heavy atom. The van der Waals surface area contributed by atoms with E-state index in [4.69, 9.17) is 14.6 Å². The molecule has 0 aromatic rings. The molecule has 0 radical (unpaired) electrons. The van der Waals surface area contributed by atoms with Crippen LogP contribution >= 0.6 is 0 Å². The first-order valence-electron chi connectivity index (χ1n) is 10.8. The van der Waals surface area contributed by atoms with Gasteiger partial charge in [0.15, 0.2) is 5.76 Å². The standard InChI is InChI=1S/C21H36N2O4/c1-17-15-19(27-20(16-17)26-14-6-5-13-24)21(25)23-11-7-18(8-12-23)22-9-3-2-4-10-22/h15,17-18,20,24H,2-14,16H2,1H3/t17-,20+/m1/s1. The van der Waals surface area contributed by atoms with Crippen molar-refractivity contribution in [3.05, 3.63) is 11.8 Å². The van der Waals surface area contributed by atoms with Gasteiger partial charge in [-0.05, 0) is 63.6 Å². The molecule has 0 saturated carbocycles. The van der Waals surface area contributed by atoms with E-state index >= 15 is 0 Å². The molecule has 0 aromatic carbocycles. The van der Waals surface area contributed by atoms with Gasteiger partial charge in [0, 0.05) is 32.2 Å². The fourth-order valence-electron chi connectivity index (χ4n) is 4.38. The normalized spacial score (nSPS) is 27.9. The molecule has 1 amide bonds. The van der Waals surface area contributed by atoms with Gasteiger partial charge in [-0.3, -0.25) is 4.79 Å².